The van der Waals surface area contributed by atoms with Crippen molar-refractivity contribution in [3.8, 4) is 17.6 Å². The van der Waals surface area contributed by atoms with Gasteiger partial charge in [0, 0.05) is 32.4 Å². The summed E-state index contributed by atoms with van der Waals surface area (Å²) < 4.78 is 25.4. The fourth-order valence-corrected chi connectivity index (χ4v) is 5.31. The van der Waals surface area contributed by atoms with Crippen LogP contribution in [0.1, 0.15) is 33.1 Å². The molecule has 1 amide bonds. The van der Waals surface area contributed by atoms with Gasteiger partial charge in [0.2, 0.25) is 0 Å². The van der Waals surface area contributed by atoms with Crippen molar-refractivity contribution in [2.24, 2.45) is 0 Å². The molecule has 0 atom stereocenters. The molecule has 0 aliphatic carbocycles. The van der Waals surface area contributed by atoms with Crippen molar-refractivity contribution < 1.29 is 47.7 Å². The van der Waals surface area contributed by atoms with Crippen LogP contribution in [0.3, 0.4) is 0 Å². The number of amides is 1. The first-order chi connectivity index (χ1) is 18.7. The van der Waals surface area contributed by atoms with Crippen LogP contribution in [0.5, 0.6) is 11.5 Å². The van der Waals surface area contributed by atoms with Crippen LogP contribution in [0, 0.1) is 11.3 Å². The average Bonchev–Trinajstić information content (AvgIpc) is 3.35. The second-order valence-electron chi connectivity index (χ2n) is 7.40. The molecule has 1 heterocycles. The molecule has 0 saturated heterocycles. The third-order valence-electron chi connectivity index (χ3n) is 4.48. The Balaban J connectivity index is 1.90. The molecular formula is C25H26N2O10S2. The second-order valence-corrected chi connectivity index (χ2v) is 9.70. The Morgan fingerprint density at radius 1 is 0.974 bits per heavy atom. The van der Waals surface area contributed by atoms with Gasteiger partial charge in [-0.25, -0.2) is 9.59 Å². The minimum Gasteiger partial charge on any atom is -0.462 e. The molecule has 1 aliphatic rings. The summed E-state index contributed by atoms with van der Waals surface area (Å²) >= 11 is 2.10. The lowest BCUT2D eigenvalue weighted by atomic mass is 10.3. The molecule has 0 saturated carbocycles. The van der Waals surface area contributed by atoms with Gasteiger partial charge in [-0.15, -0.1) is 0 Å². The maximum absolute atomic E-state index is 12.7. The van der Waals surface area contributed by atoms with Crippen molar-refractivity contribution in [2.45, 2.75) is 42.9 Å². The van der Waals surface area contributed by atoms with E-state index >= 15 is 0 Å². The van der Waals surface area contributed by atoms with Gasteiger partial charge < -0.3 is 29.0 Å². The number of nitrogens with zero attached hydrogens (tertiary/aromatic N) is 1. The third-order valence-corrected chi connectivity index (χ3v) is 7.11. The fourth-order valence-electron chi connectivity index (χ4n) is 2.73. The van der Waals surface area contributed by atoms with Crippen LogP contribution < -0.4 is 14.8 Å². The predicted molar refractivity (Wildman–Crippen MR) is 139 cm³/mol. The highest BCUT2D eigenvalue weighted by Gasteiger charge is 2.31. The molecule has 1 aliphatic heterocycles. The van der Waals surface area contributed by atoms with Crippen LogP contribution in [0.25, 0.3) is 0 Å². The predicted octanol–water partition coefficient (Wildman–Crippen LogP) is 3.64. The minimum absolute atomic E-state index is 0.00462. The van der Waals surface area contributed by atoms with Gasteiger partial charge in [0.25, 0.3) is 5.91 Å². The summed E-state index contributed by atoms with van der Waals surface area (Å²) in [5.74, 6) is -1.83. The number of thioether (sulfide) groups is 2. The van der Waals surface area contributed by atoms with Crippen LogP contribution in [0.2, 0.25) is 0 Å². The van der Waals surface area contributed by atoms with Crippen molar-refractivity contribution in [3.63, 3.8) is 0 Å². The first-order valence-corrected chi connectivity index (χ1v) is 13.3. The van der Waals surface area contributed by atoms with Crippen LogP contribution >= 0.6 is 23.5 Å². The average molecular weight is 579 g/mol. The molecule has 0 fully saturated rings. The number of ether oxygens (including phenoxy) is 5. The lowest BCUT2D eigenvalue weighted by Crippen LogP contribution is -2.27. The minimum atomic E-state index is -0.907. The zero-order valence-electron chi connectivity index (χ0n) is 21.2. The largest absolute Gasteiger partial charge is 0.508 e. The Labute approximate surface area is 233 Å². The molecule has 0 unspecified atom stereocenters. The highest BCUT2D eigenvalue weighted by Crippen LogP contribution is 2.58. The normalized spacial score (nSPS) is 12.7. The lowest BCUT2D eigenvalue weighted by Gasteiger charge is -2.10. The van der Waals surface area contributed by atoms with Crippen molar-refractivity contribution in [2.75, 3.05) is 26.4 Å². The number of nitrogens with one attached hydrogen (secondary N) is 1. The van der Waals surface area contributed by atoms with Gasteiger partial charge in [-0.3, -0.25) is 14.4 Å². The first kappa shape index (κ1) is 31.3. The van der Waals surface area contributed by atoms with E-state index in [1.54, 1.807) is 6.92 Å². The van der Waals surface area contributed by atoms with Gasteiger partial charge in [-0.1, -0.05) is 37.0 Å². The lowest BCUT2D eigenvalue weighted by molar-refractivity contribution is -0.138. The summed E-state index contributed by atoms with van der Waals surface area (Å²) in [6.07, 6.45) is 0.803. The van der Waals surface area contributed by atoms with E-state index in [-0.39, 0.29) is 56.3 Å². The molecule has 0 bridgehead atoms. The summed E-state index contributed by atoms with van der Waals surface area (Å²) in [5, 5.41) is 12.2. The van der Waals surface area contributed by atoms with Crippen molar-refractivity contribution in [1.82, 2.24) is 5.32 Å². The van der Waals surface area contributed by atoms with Crippen molar-refractivity contribution in [3.05, 3.63) is 34.6 Å². The number of fused-ring (bicyclic) bond motifs is 1. The maximum Gasteiger partial charge on any atom is 0.508 e. The number of carbonyl (C=O) groups excluding carboxylic acids is 5. The molecule has 2 rings (SSSR count). The Kier molecular flexibility index (Phi) is 12.9. The molecular weight excluding hydrogens is 552 g/mol. The Bertz CT molecular complexity index is 1210. The summed E-state index contributed by atoms with van der Waals surface area (Å²) in [7, 11) is 0. The molecule has 12 nitrogen and oxygen atoms in total. The first-order valence-electron chi connectivity index (χ1n) is 11.6. The van der Waals surface area contributed by atoms with Gasteiger partial charge in [-0.05, 0) is 18.6 Å². The number of nitriles is 1. The Hall–Kier alpha value is -3.96. The fraction of sp³-hybridized carbons (Fsp3) is 0.360. The highest BCUT2D eigenvalue weighted by atomic mass is 32.2. The number of carbonyl (C=O) groups is 5. The highest BCUT2D eigenvalue weighted by molar-refractivity contribution is 8.24. The zero-order valence-corrected chi connectivity index (χ0v) is 22.9. The molecule has 1 aromatic rings. The van der Waals surface area contributed by atoms with Crippen LogP contribution in [0.4, 0.5) is 4.79 Å². The summed E-state index contributed by atoms with van der Waals surface area (Å²) in [6.45, 7) is 6.26. The summed E-state index contributed by atoms with van der Waals surface area (Å²) in [6, 6.07) is 4.84. The zero-order chi connectivity index (χ0) is 28.8. The summed E-state index contributed by atoms with van der Waals surface area (Å²) in [4.78, 5) is 59.4. The van der Waals surface area contributed by atoms with E-state index < -0.39 is 30.0 Å². The smallest absolute Gasteiger partial charge is 0.462 e. The number of rotatable bonds is 13. The van der Waals surface area contributed by atoms with Crippen LogP contribution in [-0.4, -0.2) is 56.3 Å². The van der Waals surface area contributed by atoms with Crippen molar-refractivity contribution >= 4 is 53.5 Å². The maximum atomic E-state index is 12.7. The van der Waals surface area contributed by atoms with Crippen LogP contribution in [0.15, 0.2) is 44.4 Å². The van der Waals surface area contributed by atoms with E-state index in [0.29, 0.717) is 20.4 Å². The molecule has 0 aromatic heterocycles. The number of benzene rings is 1. The monoisotopic (exact) mass is 578 g/mol. The SMILES string of the molecule is C=CC(=O)OCCCOC(=O)OCCCNC(=O)/C(C#N)=C1/Sc2c(OC(C)=O)ccc(OC(=O)CC)c2S1. The van der Waals surface area contributed by atoms with Crippen LogP contribution in [-0.2, 0) is 33.4 Å². The molecule has 39 heavy (non-hydrogen) atoms. The molecule has 0 spiro atoms. The molecule has 14 heteroatoms. The number of esters is 3. The van der Waals surface area contributed by atoms with Crippen molar-refractivity contribution in [1.29, 1.82) is 5.26 Å². The number of hydrogen-bond donors (Lipinski definition) is 1. The van der Waals surface area contributed by atoms with Gasteiger partial charge >= 0.3 is 24.1 Å². The topological polar surface area (TPSA) is 167 Å². The molecule has 1 N–H and O–H groups in total. The van der Waals surface area contributed by atoms with Gasteiger partial charge in [-0.2, -0.15) is 5.26 Å². The second kappa shape index (κ2) is 16.1. The molecule has 0 radical (unpaired) electrons. The standard InChI is InChI=1S/C25H26N2O10S2/c1-4-19(29)33-12-7-13-35-25(32)34-11-6-10-27-23(31)16(14-26)24-38-21-17(36-15(3)28)8-9-18(22(21)39-24)37-20(30)5-2/h4,8-9H,1,5-7,10-13H2,2-3H3,(H,27,31)/b24-16-. The van der Waals surface area contributed by atoms with E-state index in [1.807, 2.05) is 6.07 Å². The number of hydrogen-bond acceptors (Lipinski definition) is 13. The quantitative estimate of drug-likeness (QED) is 0.119. The molecule has 208 valence electrons. The molecule has 1 aromatic carbocycles. The Morgan fingerprint density at radius 2 is 1.56 bits per heavy atom. The van der Waals surface area contributed by atoms with E-state index in [2.05, 4.69) is 11.9 Å². The van der Waals surface area contributed by atoms with Gasteiger partial charge in [0.1, 0.15) is 23.1 Å². The van der Waals surface area contributed by atoms with Gasteiger partial charge in [0.05, 0.1) is 33.8 Å². The van der Waals surface area contributed by atoms with Gasteiger partial charge in [0.15, 0.2) is 0 Å². The van der Waals surface area contributed by atoms with E-state index in [9.17, 15) is 29.2 Å². The summed E-state index contributed by atoms with van der Waals surface area (Å²) in [5.41, 5.74) is -0.180. The van der Waals surface area contributed by atoms with E-state index in [4.69, 9.17) is 23.7 Å². The Morgan fingerprint density at radius 3 is 2.13 bits per heavy atom. The van der Waals surface area contributed by atoms with E-state index in [0.717, 1.165) is 29.6 Å². The third kappa shape index (κ3) is 10.0. The van der Waals surface area contributed by atoms with E-state index in [1.165, 1.54) is 19.1 Å².